The lowest BCUT2D eigenvalue weighted by Gasteiger charge is -2.31. The maximum atomic E-state index is 13.1. The Balaban J connectivity index is 1.72. The molecule has 0 bridgehead atoms. The zero-order valence-electron chi connectivity index (χ0n) is 19.1. The molecule has 174 valence electrons. The highest BCUT2D eigenvalue weighted by Crippen LogP contribution is 2.39. The highest BCUT2D eigenvalue weighted by Gasteiger charge is 2.46. The van der Waals surface area contributed by atoms with Crippen LogP contribution in [0.5, 0.6) is 5.75 Å². The van der Waals surface area contributed by atoms with Gasteiger partial charge in [0.25, 0.3) is 11.7 Å². The fraction of sp³-hybridized carbons (Fsp3) is 0.385. The predicted molar refractivity (Wildman–Crippen MR) is 125 cm³/mol. The molecule has 2 aromatic carbocycles. The summed E-state index contributed by atoms with van der Waals surface area (Å²) in [5.74, 6) is -0.767. The van der Waals surface area contributed by atoms with Gasteiger partial charge >= 0.3 is 0 Å². The molecular formula is C26H30N2O5. The fourth-order valence-corrected chi connectivity index (χ4v) is 4.37. The molecule has 33 heavy (non-hydrogen) atoms. The summed E-state index contributed by atoms with van der Waals surface area (Å²) in [6.45, 7) is 6.04. The first kappa shape index (κ1) is 23.0. The first-order valence-corrected chi connectivity index (χ1v) is 11.3. The molecule has 2 saturated heterocycles. The normalized spacial score (nSPS) is 20.9. The molecule has 1 amide bonds. The number of hydrogen-bond donors (Lipinski definition) is 1. The van der Waals surface area contributed by atoms with Crippen molar-refractivity contribution in [1.82, 2.24) is 9.80 Å². The molecule has 2 aliphatic rings. The number of nitrogens with zero attached hydrogens (tertiary/aromatic N) is 2. The van der Waals surface area contributed by atoms with E-state index in [2.05, 4.69) is 11.8 Å². The van der Waals surface area contributed by atoms with Gasteiger partial charge in [-0.3, -0.25) is 14.5 Å². The molecule has 0 spiro atoms. The number of carbonyl (C=O) groups excluding carboxylic acids is 2. The number of amides is 1. The molecule has 2 aromatic rings. The van der Waals surface area contributed by atoms with Gasteiger partial charge in [-0.05, 0) is 41.8 Å². The lowest BCUT2D eigenvalue weighted by Crippen LogP contribution is -2.42. The van der Waals surface area contributed by atoms with Crippen molar-refractivity contribution in [2.75, 3.05) is 46.5 Å². The number of likely N-dealkylation sites (tertiary alicyclic amines) is 1. The Hall–Kier alpha value is -3.16. The third-order valence-corrected chi connectivity index (χ3v) is 6.37. The van der Waals surface area contributed by atoms with Crippen molar-refractivity contribution in [3.8, 4) is 5.75 Å². The SMILES string of the molecule is CCc1ccc([C@@H]2/C(=C(\O)c3ccc(OC)cc3)C(=O)C(=O)N2CCN2CCOCC2)cc1. The summed E-state index contributed by atoms with van der Waals surface area (Å²) in [6.07, 6.45) is 0.892. The van der Waals surface area contributed by atoms with Crippen molar-refractivity contribution < 1.29 is 24.2 Å². The van der Waals surface area contributed by atoms with E-state index in [4.69, 9.17) is 9.47 Å². The minimum atomic E-state index is -0.658. The first-order chi connectivity index (χ1) is 16.0. The molecule has 2 fully saturated rings. The molecule has 4 rings (SSSR count). The number of rotatable bonds is 7. The third kappa shape index (κ3) is 4.79. The van der Waals surface area contributed by atoms with Gasteiger partial charge in [-0.15, -0.1) is 0 Å². The maximum absolute atomic E-state index is 13.1. The molecule has 0 unspecified atom stereocenters. The van der Waals surface area contributed by atoms with Crippen LogP contribution in [0, 0.1) is 0 Å². The minimum absolute atomic E-state index is 0.122. The van der Waals surface area contributed by atoms with E-state index in [1.807, 2.05) is 24.3 Å². The number of morpholine rings is 1. The van der Waals surface area contributed by atoms with Gasteiger partial charge in [0, 0.05) is 31.7 Å². The topological polar surface area (TPSA) is 79.3 Å². The van der Waals surface area contributed by atoms with Crippen LogP contribution in [-0.4, -0.2) is 73.1 Å². The molecular weight excluding hydrogens is 420 g/mol. The van der Waals surface area contributed by atoms with E-state index in [1.54, 1.807) is 36.3 Å². The fourth-order valence-electron chi connectivity index (χ4n) is 4.37. The number of methoxy groups -OCH3 is 1. The van der Waals surface area contributed by atoms with E-state index in [1.165, 1.54) is 5.56 Å². The Bertz CT molecular complexity index is 1020. The van der Waals surface area contributed by atoms with Crippen LogP contribution in [0.15, 0.2) is 54.1 Å². The molecule has 2 aliphatic heterocycles. The number of ketones is 1. The molecule has 0 radical (unpaired) electrons. The van der Waals surface area contributed by atoms with Crippen molar-refractivity contribution >= 4 is 17.4 Å². The number of aliphatic hydroxyl groups excluding tert-OH is 1. The standard InChI is InChI=1S/C26H30N2O5/c1-3-18-4-6-19(7-5-18)23-22(24(29)20-8-10-21(32-2)11-9-20)25(30)26(31)28(23)13-12-27-14-16-33-17-15-27/h4-11,23,29H,3,12-17H2,1-2H3/b24-22+/t23-/m1/s1. The molecule has 2 heterocycles. The summed E-state index contributed by atoms with van der Waals surface area (Å²) in [4.78, 5) is 30.1. The Morgan fingerprint density at radius 3 is 2.30 bits per heavy atom. The van der Waals surface area contributed by atoms with Gasteiger partial charge < -0.3 is 19.5 Å². The van der Waals surface area contributed by atoms with E-state index < -0.39 is 17.7 Å². The molecule has 0 aromatic heterocycles. The van der Waals surface area contributed by atoms with Gasteiger partial charge in [-0.2, -0.15) is 0 Å². The number of carbonyl (C=O) groups is 2. The monoisotopic (exact) mass is 450 g/mol. The summed E-state index contributed by atoms with van der Waals surface area (Å²) in [5.41, 5.74) is 2.57. The van der Waals surface area contributed by atoms with Gasteiger partial charge in [0.15, 0.2) is 0 Å². The molecule has 0 saturated carbocycles. The van der Waals surface area contributed by atoms with Crippen molar-refractivity contribution in [2.45, 2.75) is 19.4 Å². The second-order valence-electron chi connectivity index (χ2n) is 8.27. The zero-order valence-corrected chi connectivity index (χ0v) is 19.1. The van der Waals surface area contributed by atoms with Crippen LogP contribution >= 0.6 is 0 Å². The molecule has 7 heteroatoms. The summed E-state index contributed by atoms with van der Waals surface area (Å²) >= 11 is 0. The van der Waals surface area contributed by atoms with E-state index in [0.717, 1.165) is 25.1 Å². The van der Waals surface area contributed by atoms with Crippen LogP contribution in [0.4, 0.5) is 0 Å². The van der Waals surface area contributed by atoms with Gasteiger partial charge in [-0.25, -0.2) is 0 Å². The van der Waals surface area contributed by atoms with Gasteiger partial charge in [-0.1, -0.05) is 31.2 Å². The van der Waals surface area contributed by atoms with Gasteiger partial charge in [0.2, 0.25) is 0 Å². The predicted octanol–water partition coefficient (Wildman–Crippen LogP) is 3.01. The number of hydrogen-bond acceptors (Lipinski definition) is 6. The largest absolute Gasteiger partial charge is 0.507 e. The van der Waals surface area contributed by atoms with Crippen molar-refractivity contribution in [3.63, 3.8) is 0 Å². The van der Waals surface area contributed by atoms with Crippen LogP contribution in [0.3, 0.4) is 0 Å². The average Bonchev–Trinajstić information content (AvgIpc) is 3.12. The second kappa shape index (κ2) is 10.2. The lowest BCUT2D eigenvalue weighted by molar-refractivity contribution is -0.140. The van der Waals surface area contributed by atoms with E-state index in [0.29, 0.717) is 37.6 Å². The lowest BCUT2D eigenvalue weighted by atomic mass is 9.94. The second-order valence-corrected chi connectivity index (χ2v) is 8.27. The molecule has 0 aliphatic carbocycles. The zero-order chi connectivity index (χ0) is 23.4. The smallest absolute Gasteiger partial charge is 0.295 e. The summed E-state index contributed by atoms with van der Waals surface area (Å²) < 4.78 is 10.6. The van der Waals surface area contributed by atoms with Crippen LogP contribution in [-0.2, 0) is 20.7 Å². The summed E-state index contributed by atoms with van der Waals surface area (Å²) in [5, 5.41) is 11.2. The summed E-state index contributed by atoms with van der Waals surface area (Å²) in [6, 6.07) is 14.1. The maximum Gasteiger partial charge on any atom is 0.295 e. The molecule has 7 nitrogen and oxygen atoms in total. The molecule has 1 atom stereocenters. The van der Waals surface area contributed by atoms with Crippen molar-refractivity contribution in [1.29, 1.82) is 0 Å². The van der Waals surface area contributed by atoms with Crippen LogP contribution < -0.4 is 4.74 Å². The van der Waals surface area contributed by atoms with Crippen LogP contribution in [0.25, 0.3) is 5.76 Å². The summed E-state index contributed by atoms with van der Waals surface area (Å²) in [7, 11) is 1.56. The highest BCUT2D eigenvalue weighted by atomic mass is 16.5. The number of aliphatic hydroxyl groups is 1. The third-order valence-electron chi connectivity index (χ3n) is 6.37. The van der Waals surface area contributed by atoms with E-state index in [-0.39, 0.29) is 11.3 Å². The van der Waals surface area contributed by atoms with Crippen LogP contribution in [0.1, 0.15) is 29.7 Å². The number of benzene rings is 2. The number of ether oxygens (including phenoxy) is 2. The Kier molecular flexibility index (Phi) is 7.11. The van der Waals surface area contributed by atoms with Crippen LogP contribution in [0.2, 0.25) is 0 Å². The number of Topliss-reactive ketones (excluding diaryl/α,β-unsaturated/α-hetero) is 1. The minimum Gasteiger partial charge on any atom is -0.507 e. The highest BCUT2D eigenvalue weighted by molar-refractivity contribution is 6.46. The quantitative estimate of drug-likeness (QED) is 0.397. The van der Waals surface area contributed by atoms with E-state index in [9.17, 15) is 14.7 Å². The number of aryl methyl sites for hydroxylation is 1. The van der Waals surface area contributed by atoms with Crippen molar-refractivity contribution in [3.05, 3.63) is 70.8 Å². The van der Waals surface area contributed by atoms with Crippen molar-refractivity contribution in [2.24, 2.45) is 0 Å². The van der Waals surface area contributed by atoms with Gasteiger partial charge in [0.05, 0.1) is 31.9 Å². The van der Waals surface area contributed by atoms with E-state index >= 15 is 0 Å². The Morgan fingerprint density at radius 2 is 1.70 bits per heavy atom. The Labute approximate surface area is 194 Å². The Morgan fingerprint density at radius 1 is 1.03 bits per heavy atom. The first-order valence-electron chi connectivity index (χ1n) is 11.3. The van der Waals surface area contributed by atoms with Gasteiger partial charge in [0.1, 0.15) is 11.5 Å². The average molecular weight is 451 g/mol. The molecule has 1 N–H and O–H groups in total.